The van der Waals surface area contributed by atoms with Crippen molar-refractivity contribution in [3.63, 3.8) is 0 Å². The third-order valence-electron chi connectivity index (χ3n) is 5.24. The summed E-state index contributed by atoms with van der Waals surface area (Å²) in [7, 11) is 0. The normalized spacial score (nSPS) is 30.9. The Hall–Kier alpha value is -0.820. The third-order valence-corrected chi connectivity index (χ3v) is 5.24. The Balaban J connectivity index is 1.80. The molecule has 1 aliphatic heterocycles. The molecule has 1 fully saturated rings. The van der Waals surface area contributed by atoms with Crippen molar-refractivity contribution >= 4 is 0 Å². The van der Waals surface area contributed by atoms with Crippen molar-refractivity contribution in [1.29, 1.82) is 0 Å². The van der Waals surface area contributed by atoms with Gasteiger partial charge in [-0.05, 0) is 54.7 Å². The van der Waals surface area contributed by atoms with Crippen LogP contribution in [0.5, 0.6) is 0 Å². The summed E-state index contributed by atoms with van der Waals surface area (Å²) in [4.78, 5) is 0. The molecule has 1 aromatic carbocycles. The van der Waals surface area contributed by atoms with Gasteiger partial charge in [-0.1, -0.05) is 45.0 Å². The lowest BCUT2D eigenvalue weighted by Gasteiger charge is -2.47. The van der Waals surface area contributed by atoms with Gasteiger partial charge in [0.1, 0.15) is 0 Å². The number of fused-ring (bicyclic) bond motifs is 1. The predicted molar refractivity (Wildman–Crippen MR) is 76.9 cm³/mol. The van der Waals surface area contributed by atoms with Gasteiger partial charge in [-0.15, -0.1) is 0 Å². The predicted octanol–water partition coefficient (Wildman–Crippen LogP) is 3.88. The van der Waals surface area contributed by atoms with Gasteiger partial charge in [0.25, 0.3) is 0 Å². The van der Waals surface area contributed by atoms with E-state index in [-0.39, 0.29) is 0 Å². The van der Waals surface area contributed by atoms with Crippen molar-refractivity contribution in [2.24, 2.45) is 5.41 Å². The molecule has 2 unspecified atom stereocenters. The maximum absolute atomic E-state index is 3.84. The smallest absolute Gasteiger partial charge is 0.0236 e. The quantitative estimate of drug-likeness (QED) is 0.831. The SMILES string of the molecule is CC(C)(C)C1(CC2Cc3ccccc32)CCCN1. The second kappa shape index (κ2) is 4.09. The van der Waals surface area contributed by atoms with Gasteiger partial charge in [-0.2, -0.15) is 0 Å². The maximum Gasteiger partial charge on any atom is 0.0236 e. The average Bonchev–Trinajstić information content (AvgIpc) is 2.75. The van der Waals surface area contributed by atoms with E-state index in [2.05, 4.69) is 50.4 Å². The number of hydrogen-bond acceptors (Lipinski definition) is 1. The van der Waals surface area contributed by atoms with Crippen LogP contribution >= 0.6 is 0 Å². The second-order valence-electron chi connectivity index (χ2n) is 7.17. The van der Waals surface area contributed by atoms with Crippen molar-refractivity contribution in [3.8, 4) is 0 Å². The molecule has 0 bridgehead atoms. The van der Waals surface area contributed by atoms with Crippen LogP contribution in [0, 0.1) is 5.41 Å². The Morgan fingerprint density at radius 3 is 2.67 bits per heavy atom. The van der Waals surface area contributed by atoms with Gasteiger partial charge >= 0.3 is 0 Å². The highest BCUT2D eigenvalue weighted by Gasteiger charge is 2.46. The van der Waals surface area contributed by atoms with Gasteiger partial charge in [0, 0.05) is 5.54 Å². The number of rotatable bonds is 2. The van der Waals surface area contributed by atoms with E-state index < -0.39 is 0 Å². The Labute approximate surface area is 111 Å². The topological polar surface area (TPSA) is 12.0 Å². The molecule has 2 aliphatic rings. The third kappa shape index (κ3) is 1.80. The molecule has 3 rings (SSSR count). The lowest BCUT2D eigenvalue weighted by atomic mass is 9.63. The van der Waals surface area contributed by atoms with Crippen molar-refractivity contribution in [2.45, 2.75) is 57.9 Å². The van der Waals surface area contributed by atoms with Crippen LogP contribution in [-0.4, -0.2) is 12.1 Å². The molecule has 0 spiro atoms. The summed E-state index contributed by atoms with van der Waals surface area (Å²) >= 11 is 0. The van der Waals surface area contributed by atoms with Crippen LogP contribution in [0.4, 0.5) is 0 Å². The monoisotopic (exact) mass is 243 g/mol. The van der Waals surface area contributed by atoms with Gasteiger partial charge < -0.3 is 5.32 Å². The molecule has 1 nitrogen and oxygen atoms in total. The Bertz CT molecular complexity index is 435. The molecule has 0 radical (unpaired) electrons. The first kappa shape index (κ1) is 12.2. The van der Waals surface area contributed by atoms with E-state index in [0.717, 1.165) is 5.92 Å². The van der Waals surface area contributed by atoms with Gasteiger partial charge in [0.2, 0.25) is 0 Å². The highest BCUT2D eigenvalue weighted by atomic mass is 15.0. The highest BCUT2D eigenvalue weighted by molar-refractivity contribution is 5.40. The van der Waals surface area contributed by atoms with Gasteiger partial charge in [0.05, 0.1) is 0 Å². The first-order valence-corrected chi connectivity index (χ1v) is 7.35. The Morgan fingerprint density at radius 1 is 1.28 bits per heavy atom. The molecule has 0 amide bonds. The molecule has 18 heavy (non-hydrogen) atoms. The van der Waals surface area contributed by atoms with Gasteiger partial charge in [0.15, 0.2) is 0 Å². The minimum Gasteiger partial charge on any atom is -0.311 e. The van der Waals surface area contributed by atoms with Crippen molar-refractivity contribution in [1.82, 2.24) is 5.32 Å². The summed E-state index contributed by atoms with van der Waals surface area (Å²) in [6.45, 7) is 8.40. The molecule has 98 valence electrons. The van der Waals surface area contributed by atoms with Crippen molar-refractivity contribution in [3.05, 3.63) is 35.4 Å². The van der Waals surface area contributed by atoms with E-state index in [0.29, 0.717) is 11.0 Å². The zero-order chi connectivity index (χ0) is 12.8. The molecule has 1 saturated heterocycles. The Kier molecular flexibility index (Phi) is 2.78. The van der Waals surface area contributed by atoms with Gasteiger partial charge in [-0.25, -0.2) is 0 Å². The zero-order valence-electron chi connectivity index (χ0n) is 11.9. The first-order valence-electron chi connectivity index (χ1n) is 7.35. The van der Waals surface area contributed by atoms with E-state index in [1.807, 2.05) is 0 Å². The zero-order valence-corrected chi connectivity index (χ0v) is 11.9. The molecule has 1 aliphatic carbocycles. The number of nitrogens with one attached hydrogen (secondary N) is 1. The average molecular weight is 243 g/mol. The molecular formula is C17H25N. The van der Waals surface area contributed by atoms with Crippen LogP contribution in [0.15, 0.2) is 24.3 Å². The van der Waals surface area contributed by atoms with Crippen LogP contribution in [0.3, 0.4) is 0 Å². The lowest BCUT2D eigenvalue weighted by Crippen LogP contribution is -2.52. The molecule has 2 atom stereocenters. The van der Waals surface area contributed by atoms with Gasteiger partial charge in [-0.3, -0.25) is 0 Å². The van der Waals surface area contributed by atoms with Crippen molar-refractivity contribution < 1.29 is 0 Å². The fourth-order valence-electron chi connectivity index (χ4n) is 3.89. The fraction of sp³-hybridized carbons (Fsp3) is 0.647. The van der Waals surface area contributed by atoms with E-state index in [4.69, 9.17) is 0 Å². The standard InChI is InChI=1S/C17H25N/c1-16(2,3)17(9-6-10-18-17)12-14-11-13-7-4-5-8-15(13)14/h4-5,7-8,14,18H,6,9-12H2,1-3H3. The summed E-state index contributed by atoms with van der Waals surface area (Å²) < 4.78 is 0. The highest BCUT2D eigenvalue weighted by Crippen LogP contribution is 2.48. The lowest BCUT2D eigenvalue weighted by molar-refractivity contribution is 0.134. The fourth-order valence-corrected chi connectivity index (χ4v) is 3.89. The van der Waals surface area contributed by atoms with E-state index in [1.165, 1.54) is 32.2 Å². The van der Waals surface area contributed by atoms with Crippen LogP contribution in [0.2, 0.25) is 0 Å². The first-order chi connectivity index (χ1) is 8.52. The number of benzene rings is 1. The summed E-state index contributed by atoms with van der Waals surface area (Å²) in [5.41, 5.74) is 3.89. The number of hydrogen-bond donors (Lipinski definition) is 1. The van der Waals surface area contributed by atoms with E-state index in [1.54, 1.807) is 11.1 Å². The second-order valence-corrected chi connectivity index (χ2v) is 7.17. The Morgan fingerprint density at radius 2 is 2.06 bits per heavy atom. The molecule has 1 aromatic rings. The van der Waals surface area contributed by atoms with E-state index >= 15 is 0 Å². The van der Waals surface area contributed by atoms with Crippen LogP contribution in [0.1, 0.15) is 57.1 Å². The summed E-state index contributed by atoms with van der Waals surface area (Å²) in [6, 6.07) is 8.98. The van der Waals surface area contributed by atoms with Crippen molar-refractivity contribution in [2.75, 3.05) is 6.54 Å². The largest absolute Gasteiger partial charge is 0.311 e. The molecular weight excluding hydrogens is 218 g/mol. The molecule has 0 saturated carbocycles. The minimum atomic E-state index is 0.352. The van der Waals surface area contributed by atoms with Crippen LogP contribution < -0.4 is 5.32 Å². The van der Waals surface area contributed by atoms with Crippen LogP contribution in [-0.2, 0) is 6.42 Å². The molecule has 1 N–H and O–H groups in total. The summed E-state index contributed by atoms with van der Waals surface area (Å²) in [5, 5.41) is 3.84. The molecule has 0 aromatic heterocycles. The minimum absolute atomic E-state index is 0.352. The van der Waals surface area contributed by atoms with Crippen LogP contribution in [0.25, 0.3) is 0 Å². The van der Waals surface area contributed by atoms with E-state index in [9.17, 15) is 0 Å². The summed E-state index contributed by atoms with van der Waals surface area (Å²) in [6.07, 6.45) is 5.28. The summed E-state index contributed by atoms with van der Waals surface area (Å²) in [5.74, 6) is 0.783. The molecule has 1 heterocycles. The maximum atomic E-state index is 3.84. The molecule has 1 heteroatoms.